The number of nitrogens with one attached hydrogen (secondary N) is 1. The highest BCUT2D eigenvalue weighted by atomic mass is 16.3. The van der Waals surface area contributed by atoms with Gasteiger partial charge in [-0.3, -0.25) is 4.79 Å². The Labute approximate surface area is 144 Å². The Balaban J connectivity index is 1.85. The highest BCUT2D eigenvalue weighted by molar-refractivity contribution is 6.14. The Hall–Kier alpha value is -3.34. The number of benzene rings is 2. The SMILES string of the molecule is CN(C)c1ccc(O)c(C(=O)c2cnc3[nH]c4ccccc4c3c2)c1. The second kappa shape index (κ2) is 5.63. The van der Waals surface area contributed by atoms with Crippen molar-refractivity contribution in [1.82, 2.24) is 9.97 Å². The lowest BCUT2D eigenvalue weighted by molar-refractivity contribution is 0.103. The van der Waals surface area contributed by atoms with Gasteiger partial charge in [0.05, 0.1) is 5.56 Å². The van der Waals surface area contributed by atoms with E-state index in [1.165, 1.54) is 0 Å². The number of aromatic amines is 1. The van der Waals surface area contributed by atoms with E-state index >= 15 is 0 Å². The summed E-state index contributed by atoms with van der Waals surface area (Å²) in [4.78, 5) is 22.4. The zero-order valence-electron chi connectivity index (χ0n) is 13.9. The molecule has 0 aliphatic heterocycles. The number of hydrogen-bond acceptors (Lipinski definition) is 4. The van der Waals surface area contributed by atoms with Crippen LogP contribution in [0.1, 0.15) is 15.9 Å². The third kappa shape index (κ3) is 2.50. The highest BCUT2D eigenvalue weighted by Gasteiger charge is 2.17. The van der Waals surface area contributed by atoms with Crippen molar-refractivity contribution in [2.45, 2.75) is 0 Å². The number of ketones is 1. The van der Waals surface area contributed by atoms with Gasteiger partial charge in [0.25, 0.3) is 0 Å². The smallest absolute Gasteiger partial charge is 0.198 e. The molecule has 0 saturated heterocycles. The maximum Gasteiger partial charge on any atom is 0.198 e. The van der Waals surface area contributed by atoms with Gasteiger partial charge in [0.2, 0.25) is 0 Å². The first-order valence-corrected chi connectivity index (χ1v) is 7.96. The summed E-state index contributed by atoms with van der Waals surface area (Å²) in [5, 5.41) is 12.0. The number of carbonyl (C=O) groups is 1. The zero-order chi connectivity index (χ0) is 17.6. The van der Waals surface area contributed by atoms with Crippen LogP contribution >= 0.6 is 0 Å². The Morgan fingerprint density at radius 2 is 1.88 bits per heavy atom. The minimum absolute atomic E-state index is 0.0328. The fourth-order valence-corrected chi connectivity index (χ4v) is 2.99. The number of pyridine rings is 1. The number of phenolic OH excluding ortho intramolecular Hbond substituents is 1. The Kier molecular flexibility index (Phi) is 3.42. The molecular weight excluding hydrogens is 314 g/mol. The molecule has 0 aliphatic rings. The number of aromatic hydroxyl groups is 1. The first-order chi connectivity index (χ1) is 12.0. The van der Waals surface area contributed by atoms with Crippen molar-refractivity contribution in [3.05, 3.63) is 65.9 Å². The van der Waals surface area contributed by atoms with Crippen LogP contribution in [0.2, 0.25) is 0 Å². The van der Waals surface area contributed by atoms with Crippen LogP contribution in [0.15, 0.2) is 54.7 Å². The van der Waals surface area contributed by atoms with E-state index in [0.29, 0.717) is 5.56 Å². The number of rotatable bonds is 3. The largest absolute Gasteiger partial charge is 0.507 e. The number of phenols is 1. The average molecular weight is 331 g/mol. The summed E-state index contributed by atoms with van der Waals surface area (Å²) in [5.74, 6) is -0.282. The van der Waals surface area contributed by atoms with E-state index in [1.807, 2.05) is 49.3 Å². The van der Waals surface area contributed by atoms with Crippen molar-refractivity contribution >= 4 is 33.4 Å². The van der Waals surface area contributed by atoms with Gasteiger partial charge in [-0.2, -0.15) is 0 Å². The molecule has 0 radical (unpaired) electrons. The Morgan fingerprint density at radius 3 is 2.68 bits per heavy atom. The van der Waals surface area contributed by atoms with Crippen LogP contribution in [0, 0.1) is 0 Å². The molecule has 0 unspecified atom stereocenters. The Bertz CT molecular complexity index is 1110. The summed E-state index contributed by atoms with van der Waals surface area (Å²) in [5.41, 5.74) is 3.29. The lowest BCUT2D eigenvalue weighted by Gasteiger charge is -2.14. The number of carbonyl (C=O) groups excluding carboxylic acids is 1. The number of nitrogens with zero attached hydrogens (tertiary/aromatic N) is 2. The summed E-state index contributed by atoms with van der Waals surface area (Å²) < 4.78 is 0. The van der Waals surface area contributed by atoms with Crippen LogP contribution in [-0.4, -0.2) is 35.0 Å². The summed E-state index contributed by atoms with van der Waals surface area (Å²) in [6, 6.07) is 14.7. The minimum atomic E-state index is -0.249. The third-order valence-electron chi connectivity index (χ3n) is 4.36. The Morgan fingerprint density at radius 1 is 1.08 bits per heavy atom. The average Bonchev–Trinajstić information content (AvgIpc) is 2.99. The molecule has 4 rings (SSSR count). The maximum atomic E-state index is 12.9. The summed E-state index contributed by atoms with van der Waals surface area (Å²) >= 11 is 0. The van der Waals surface area contributed by atoms with E-state index in [-0.39, 0.29) is 17.1 Å². The first kappa shape index (κ1) is 15.2. The molecule has 0 spiro atoms. The number of para-hydroxylation sites is 1. The van der Waals surface area contributed by atoms with E-state index in [0.717, 1.165) is 27.6 Å². The monoisotopic (exact) mass is 331 g/mol. The minimum Gasteiger partial charge on any atom is -0.507 e. The van der Waals surface area contributed by atoms with Crippen LogP contribution in [0.4, 0.5) is 5.69 Å². The van der Waals surface area contributed by atoms with Gasteiger partial charge in [0.1, 0.15) is 11.4 Å². The van der Waals surface area contributed by atoms with Gasteiger partial charge in [-0.05, 0) is 30.3 Å². The zero-order valence-corrected chi connectivity index (χ0v) is 13.9. The molecular formula is C20H17N3O2. The second-order valence-electron chi connectivity index (χ2n) is 6.22. The normalized spacial score (nSPS) is 11.1. The van der Waals surface area contributed by atoms with Crippen LogP contribution in [0.3, 0.4) is 0 Å². The van der Waals surface area contributed by atoms with E-state index in [4.69, 9.17) is 0 Å². The standard InChI is InChI=1S/C20H17N3O2/c1-23(2)13-7-8-18(24)16(10-13)19(25)12-9-15-14-5-3-4-6-17(14)22-20(15)21-11-12/h3-11,24H,1-2H3,(H,21,22). The molecule has 0 atom stereocenters. The van der Waals surface area contributed by atoms with Crippen molar-refractivity contribution in [2.24, 2.45) is 0 Å². The molecule has 0 fully saturated rings. The molecule has 5 nitrogen and oxygen atoms in total. The van der Waals surface area contributed by atoms with E-state index in [2.05, 4.69) is 9.97 Å². The molecule has 0 amide bonds. The summed E-state index contributed by atoms with van der Waals surface area (Å²) in [6.45, 7) is 0. The third-order valence-corrected chi connectivity index (χ3v) is 4.36. The van der Waals surface area contributed by atoms with Crippen LogP contribution in [-0.2, 0) is 0 Å². The fraction of sp³-hybridized carbons (Fsp3) is 0.100. The van der Waals surface area contributed by atoms with Gasteiger partial charge >= 0.3 is 0 Å². The first-order valence-electron chi connectivity index (χ1n) is 7.96. The molecule has 2 N–H and O–H groups in total. The predicted octanol–water partition coefficient (Wildman–Crippen LogP) is 3.72. The van der Waals surface area contributed by atoms with Gasteiger partial charge in [0, 0.05) is 47.8 Å². The van der Waals surface area contributed by atoms with Crippen molar-refractivity contribution in [3.8, 4) is 5.75 Å². The van der Waals surface area contributed by atoms with Crippen LogP contribution < -0.4 is 4.90 Å². The van der Waals surface area contributed by atoms with Crippen molar-refractivity contribution in [3.63, 3.8) is 0 Å². The molecule has 2 aromatic carbocycles. The van der Waals surface area contributed by atoms with Gasteiger partial charge in [-0.1, -0.05) is 18.2 Å². The maximum absolute atomic E-state index is 12.9. The highest BCUT2D eigenvalue weighted by Crippen LogP contribution is 2.28. The van der Waals surface area contributed by atoms with Crippen LogP contribution in [0.25, 0.3) is 21.9 Å². The van der Waals surface area contributed by atoms with E-state index in [9.17, 15) is 9.90 Å². The van der Waals surface area contributed by atoms with Gasteiger partial charge < -0.3 is 15.0 Å². The molecule has 2 aromatic heterocycles. The van der Waals surface area contributed by atoms with Gasteiger partial charge in [0.15, 0.2) is 5.78 Å². The molecule has 4 aromatic rings. The molecule has 124 valence electrons. The van der Waals surface area contributed by atoms with Gasteiger partial charge in [-0.15, -0.1) is 0 Å². The molecule has 0 saturated carbocycles. The number of fused-ring (bicyclic) bond motifs is 3. The topological polar surface area (TPSA) is 69.2 Å². The predicted molar refractivity (Wildman–Crippen MR) is 99.5 cm³/mol. The molecule has 5 heteroatoms. The number of aromatic nitrogens is 2. The van der Waals surface area contributed by atoms with E-state index < -0.39 is 0 Å². The molecule has 2 heterocycles. The summed E-state index contributed by atoms with van der Waals surface area (Å²) in [7, 11) is 3.78. The molecule has 25 heavy (non-hydrogen) atoms. The number of anilines is 1. The summed E-state index contributed by atoms with van der Waals surface area (Å²) in [6.07, 6.45) is 1.54. The fourth-order valence-electron chi connectivity index (χ4n) is 2.99. The molecule has 0 aliphatic carbocycles. The lowest BCUT2D eigenvalue weighted by atomic mass is 10.0. The quantitative estimate of drug-likeness (QED) is 0.561. The lowest BCUT2D eigenvalue weighted by Crippen LogP contribution is -2.10. The van der Waals surface area contributed by atoms with Gasteiger partial charge in [-0.25, -0.2) is 4.98 Å². The van der Waals surface area contributed by atoms with E-state index in [1.54, 1.807) is 24.4 Å². The van der Waals surface area contributed by atoms with Crippen molar-refractivity contribution in [2.75, 3.05) is 19.0 Å². The van der Waals surface area contributed by atoms with Crippen LogP contribution in [0.5, 0.6) is 5.75 Å². The number of H-pyrrole nitrogens is 1. The van der Waals surface area contributed by atoms with Crippen molar-refractivity contribution < 1.29 is 9.90 Å². The number of hydrogen-bond donors (Lipinski definition) is 2. The molecule has 0 bridgehead atoms. The second-order valence-corrected chi connectivity index (χ2v) is 6.22. The van der Waals surface area contributed by atoms with Crippen molar-refractivity contribution in [1.29, 1.82) is 0 Å².